The molecule has 2 aliphatic heterocycles. The Labute approximate surface area is 167 Å². The molecule has 1 amide bonds. The van der Waals surface area contributed by atoms with Crippen LogP contribution < -0.4 is 0 Å². The molecule has 1 fully saturated rings. The predicted octanol–water partition coefficient (Wildman–Crippen LogP) is 3.57. The number of rotatable bonds is 6. The van der Waals surface area contributed by atoms with Crippen molar-refractivity contribution in [3.63, 3.8) is 0 Å². The first-order valence-corrected chi connectivity index (χ1v) is 9.94. The van der Waals surface area contributed by atoms with E-state index < -0.39 is 12.0 Å². The van der Waals surface area contributed by atoms with Crippen molar-refractivity contribution in [1.82, 2.24) is 4.90 Å². The second-order valence-corrected chi connectivity index (χ2v) is 7.81. The summed E-state index contributed by atoms with van der Waals surface area (Å²) in [5, 5.41) is 0.942. The second kappa shape index (κ2) is 8.46. The van der Waals surface area contributed by atoms with E-state index >= 15 is 0 Å². The van der Waals surface area contributed by atoms with Gasteiger partial charge in [0.2, 0.25) is 5.91 Å². The topological polar surface area (TPSA) is 68.2 Å². The summed E-state index contributed by atoms with van der Waals surface area (Å²) in [6.45, 7) is 4.15. The van der Waals surface area contributed by atoms with Crippen LogP contribution in [-0.4, -0.2) is 47.5 Å². The standard InChI is InChI=1S/C19H21ClN2O4S/c1-4-14-17(23)22-16(12-6-5-7-13(20)10-12)15(11(2)21-19(22)27-14)18(24)26-9-8-25-3/h5-7,10,14,16H,4,8-9H2,1-3H3/t14-,16+/m0/s1. The SMILES string of the molecule is CC[C@@H]1SC2=NC(C)=C(C(=O)OCCOC)[C@@H](c3cccc(Cl)c3)N2C1=O. The van der Waals surface area contributed by atoms with E-state index in [9.17, 15) is 9.59 Å². The number of nitrogens with zero attached hydrogens (tertiary/aromatic N) is 2. The highest BCUT2D eigenvalue weighted by atomic mass is 35.5. The maximum atomic E-state index is 13.0. The number of aliphatic imine (C=N–C) groups is 1. The van der Waals surface area contributed by atoms with Crippen molar-refractivity contribution in [2.45, 2.75) is 31.6 Å². The number of fused-ring (bicyclic) bond motifs is 1. The maximum Gasteiger partial charge on any atom is 0.338 e. The maximum absolute atomic E-state index is 13.0. The largest absolute Gasteiger partial charge is 0.460 e. The number of ether oxygens (including phenoxy) is 2. The third-order valence-corrected chi connectivity index (χ3v) is 5.98. The summed E-state index contributed by atoms with van der Waals surface area (Å²) in [6.07, 6.45) is 0.688. The lowest BCUT2D eigenvalue weighted by atomic mass is 9.94. The number of hydrogen-bond donors (Lipinski definition) is 0. The monoisotopic (exact) mass is 408 g/mol. The number of carbonyl (C=O) groups excluding carboxylic acids is 2. The summed E-state index contributed by atoms with van der Waals surface area (Å²) in [7, 11) is 1.54. The third kappa shape index (κ3) is 3.90. The fourth-order valence-electron chi connectivity index (χ4n) is 3.14. The molecule has 0 radical (unpaired) electrons. The molecule has 6 nitrogen and oxygen atoms in total. The highest BCUT2D eigenvalue weighted by molar-refractivity contribution is 8.15. The van der Waals surface area contributed by atoms with Gasteiger partial charge in [-0.2, -0.15) is 0 Å². The summed E-state index contributed by atoms with van der Waals surface area (Å²) >= 11 is 7.61. The van der Waals surface area contributed by atoms with Crippen molar-refractivity contribution < 1.29 is 19.1 Å². The number of esters is 1. The van der Waals surface area contributed by atoms with Crippen LogP contribution in [0.4, 0.5) is 0 Å². The van der Waals surface area contributed by atoms with Crippen molar-refractivity contribution >= 4 is 40.4 Å². The van der Waals surface area contributed by atoms with Crippen LogP contribution in [0.5, 0.6) is 0 Å². The van der Waals surface area contributed by atoms with E-state index in [0.717, 1.165) is 5.56 Å². The Morgan fingerprint density at radius 3 is 2.81 bits per heavy atom. The number of hydrogen-bond acceptors (Lipinski definition) is 6. The molecule has 144 valence electrons. The van der Waals surface area contributed by atoms with Crippen LogP contribution in [0.3, 0.4) is 0 Å². The van der Waals surface area contributed by atoms with E-state index in [0.29, 0.717) is 34.5 Å². The fourth-order valence-corrected chi connectivity index (χ4v) is 4.47. The van der Waals surface area contributed by atoms with Crippen molar-refractivity contribution in [1.29, 1.82) is 0 Å². The first-order chi connectivity index (χ1) is 13.0. The average Bonchev–Trinajstić information content (AvgIpc) is 2.96. The van der Waals surface area contributed by atoms with Gasteiger partial charge in [0.1, 0.15) is 6.61 Å². The molecule has 0 aromatic heterocycles. The fraction of sp³-hybridized carbons (Fsp3) is 0.421. The van der Waals surface area contributed by atoms with Crippen LogP contribution in [0, 0.1) is 0 Å². The van der Waals surface area contributed by atoms with Crippen LogP contribution in [0.15, 0.2) is 40.5 Å². The first-order valence-electron chi connectivity index (χ1n) is 8.68. The van der Waals surface area contributed by atoms with Gasteiger partial charge in [0.25, 0.3) is 0 Å². The van der Waals surface area contributed by atoms with Crippen molar-refractivity contribution in [3.05, 3.63) is 46.1 Å². The minimum absolute atomic E-state index is 0.0547. The van der Waals surface area contributed by atoms with Gasteiger partial charge in [-0.3, -0.25) is 9.69 Å². The van der Waals surface area contributed by atoms with Crippen LogP contribution in [-0.2, 0) is 19.1 Å². The van der Waals surface area contributed by atoms with E-state index in [1.807, 2.05) is 13.0 Å². The van der Waals surface area contributed by atoms with Gasteiger partial charge in [0.15, 0.2) is 5.17 Å². The number of carbonyl (C=O) groups is 2. The average molecular weight is 409 g/mol. The molecule has 0 N–H and O–H groups in total. The minimum atomic E-state index is -0.609. The molecular formula is C19H21ClN2O4S. The third-order valence-electron chi connectivity index (χ3n) is 4.43. The van der Waals surface area contributed by atoms with Gasteiger partial charge in [-0.05, 0) is 31.0 Å². The molecule has 1 saturated heterocycles. The number of benzene rings is 1. The zero-order valence-corrected chi connectivity index (χ0v) is 17.0. The Hall–Kier alpha value is -1.83. The number of amidine groups is 1. The molecule has 0 unspecified atom stereocenters. The zero-order chi connectivity index (χ0) is 19.6. The van der Waals surface area contributed by atoms with E-state index in [1.54, 1.807) is 30.0 Å². The summed E-state index contributed by atoms with van der Waals surface area (Å²) in [4.78, 5) is 31.9. The van der Waals surface area contributed by atoms with Gasteiger partial charge in [0.05, 0.1) is 29.2 Å². The first kappa shape index (κ1) is 19.9. The number of allylic oxidation sites excluding steroid dienone is 1. The number of amides is 1. The molecule has 2 heterocycles. The lowest BCUT2D eigenvalue weighted by Crippen LogP contribution is -2.40. The predicted molar refractivity (Wildman–Crippen MR) is 106 cm³/mol. The van der Waals surface area contributed by atoms with Gasteiger partial charge in [0, 0.05) is 12.1 Å². The van der Waals surface area contributed by atoms with Gasteiger partial charge < -0.3 is 9.47 Å². The van der Waals surface area contributed by atoms with Gasteiger partial charge in [-0.25, -0.2) is 9.79 Å². The summed E-state index contributed by atoms with van der Waals surface area (Å²) < 4.78 is 10.3. The normalized spacial score (nSPS) is 22.0. The van der Waals surface area contributed by atoms with Crippen LogP contribution in [0.25, 0.3) is 0 Å². The molecule has 0 spiro atoms. The zero-order valence-electron chi connectivity index (χ0n) is 15.4. The molecule has 8 heteroatoms. The van der Waals surface area contributed by atoms with E-state index in [-0.39, 0.29) is 17.8 Å². The summed E-state index contributed by atoms with van der Waals surface area (Å²) in [5.41, 5.74) is 1.65. The molecule has 3 rings (SSSR count). The highest BCUT2D eigenvalue weighted by Gasteiger charge is 2.47. The smallest absolute Gasteiger partial charge is 0.338 e. The number of methoxy groups -OCH3 is 1. The molecule has 0 aliphatic carbocycles. The lowest BCUT2D eigenvalue weighted by Gasteiger charge is -2.33. The molecule has 2 atom stereocenters. The van der Waals surface area contributed by atoms with E-state index in [2.05, 4.69) is 4.99 Å². The summed E-state index contributed by atoms with van der Waals surface area (Å²) in [6, 6.07) is 6.57. The quantitative estimate of drug-likeness (QED) is 0.531. The van der Waals surface area contributed by atoms with Gasteiger partial charge in [-0.15, -0.1) is 0 Å². The van der Waals surface area contributed by atoms with Gasteiger partial charge >= 0.3 is 5.97 Å². The second-order valence-electron chi connectivity index (χ2n) is 6.20. The Bertz CT molecular complexity index is 824. The van der Waals surface area contributed by atoms with E-state index in [4.69, 9.17) is 21.1 Å². The van der Waals surface area contributed by atoms with E-state index in [1.165, 1.54) is 18.9 Å². The Kier molecular flexibility index (Phi) is 6.24. The number of halogens is 1. The van der Waals surface area contributed by atoms with Crippen molar-refractivity contribution in [2.24, 2.45) is 4.99 Å². The molecule has 27 heavy (non-hydrogen) atoms. The van der Waals surface area contributed by atoms with Gasteiger partial charge in [-0.1, -0.05) is 42.4 Å². The molecule has 0 saturated carbocycles. The molecule has 2 aliphatic rings. The molecular weight excluding hydrogens is 388 g/mol. The van der Waals surface area contributed by atoms with Crippen molar-refractivity contribution in [2.75, 3.05) is 20.3 Å². The Morgan fingerprint density at radius 2 is 2.15 bits per heavy atom. The van der Waals surface area contributed by atoms with Crippen LogP contribution in [0.1, 0.15) is 31.9 Å². The lowest BCUT2D eigenvalue weighted by molar-refractivity contribution is -0.141. The Balaban J connectivity index is 2.05. The summed E-state index contributed by atoms with van der Waals surface area (Å²) in [5.74, 6) is -0.559. The Morgan fingerprint density at radius 1 is 1.37 bits per heavy atom. The minimum Gasteiger partial charge on any atom is -0.460 e. The molecule has 0 bridgehead atoms. The van der Waals surface area contributed by atoms with Crippen molar-refractivity contribution in [3.8, 4) is 0 Å². The highest BCUT2D eigenvalue weighted by Crippen LogP contribution is 2.44. The van der Waals surface area contributed by atoms with Crippen LogP contribution in [0.2, 0.25) is 5.02 Å². The van der Waals surface area contributed by atoms with Crippen LogP contribution >= 0.6 is 23.4 Å². The number of thioether (sulfide) groups is 1. The molecule has 1 aromatic rings. The molecule has 1 aromatic carbocycles.